The molecule has 3 rings (SSSR count). The molecule has 0 aliphatic heterocycles. The lowest BCUT2D eigenvalue weighted by atomic mass is 9.85. The monoisotopic (exact) mass is 405 g/mol. The summed E-state index contributed by atoms with van der Waals surface area (Å²) in [6.45, 7) is 7.06. The minimum Gasteiger partial charge on any atom is -0.466 e. The predicted molar refractivity (Wildman–Crippen MR) is 104 cm³/mol. The van der Waals surface area contributed by atoms with Gasteiger partial charge in [0.05, 0.1) is 14.1 Å². The summed E-state index contributed by atoms with van der Waals surface area (Å²) >= 11 is 6.02. The fraction of sp³-hybridized carbons (Fsp3) is 0.500. The highest BCUT2D eigenvalue weighted by molar-refractivity contribution is 6.30. The van der Waals surface area contributed by atoms with Gasteiger partial charge in [-0.05, 0) is 40.1 Å². The number of halogens is 1. The summed E-state index contributed by atoms with van der Waals surface area (Å²) in [4.78, 5) is 5.32. The van der Waals surface area contributed by atoms with Crippen LogP contribution in [0, 0.1) is 5.41 Å². The Hall–Kier alpha value is -2.52. The Morgan fingerprint density at radius 3 is 2.46 bits per heavy atom. The number of nitrogens with zero attached hydrogens (tertiary/aromatic N) is 7. The van der Waals surface area contributed by atoms with Gasteiger partial charge in [0.1, 0.15) is 31.0 Å². The lowest BCUT2D eigenvalue weighted by Crippen LogP contribution is -3.04. The van der Waals surface area contributed by atoms with Crippen molar-refractivity contribution in [3.63, 3.8) is 0 Å². The highest BCUT2D eigenvalue weighted by Gasteiger charge is 2.40. The van der Waals surface area contributed by atoms with Crippen molar-refractivity contribution in [3.8, 4) is 5.75 Å². The molecule has 2 atom stereocenters. The highest BCUT2D eigenvalue weighted by Crippen LogP contribution is 2.40. The van der Waals surface area contributed by atoms with Crippen LogP contribution in [0.4, 0.5) is 0 Å². The molecule has 1 aromatic carbocycles. The summed E-state index contributed by atoms with van der Waals surface area (Å²) < 4.78 is 9.90. The number of rotatable bonds is 7. The van der Waals surface area contributed by atoms with Crippen LogP contribution in [0.15, 0.2) is 36.9 Å². The maximum Gasteiger partial charge on any atom is 0.215 e. The first-order chi connectivity index (χ1) is 13.3. The van der Waals surface area contributed by atoms with Gasteiger partial charge in [0.2, 0.25) is 12.1 Å². The Labute approximate surface area is 169 Å². The first kappa shape index (κ1) is 20.2. The Bertz CT molecular complexity index is 870. The number of ether oxygens (including phenoxy) is 1. The predicted octanol–water partition coefficient (Wildman–Crippen LogP) is 1.43. The zero-order valence-corrected chi connectivity index (χ0v) is 17.5. The average Bonchev–Trinajstić information content (AvgIpc) is 3.27. The van der Waals surface area contributed by atoms with Crippen molar-refractivity contribution in [1.82, 2.24) is 35.0 Å². The molecular weight excluding hydrogens is 380 g/mol. The molecule has 9 nitrogen and oxygen atoms in total. The summed E-state index contributed by atoms with van der Waals surface area (Å²) in [5, 5.41) is 17.4. The molecular formula is C18H26ClN8O+. The first-order valence-corrected chi connectivity index (χ1v) is 9.45. The van der Waals surface area contributed by atoms with E-state index in [1.54, 1.807) is 23.1 Å². The molecule has 0 unspecified atom stereocenters. The van der Waals surface area contributed by atoms with E-state index in [2.05, 4.69) is 60.5 Å². The minimum absolute atomic E-state index is 0.241. The minimum atomic E-state index is -0.511. The van der Waals surface area contributed by atoms with E-state index in [0.717, 1.165) is 5.82 Å². The molecule has 0 fully saturated rings. The summed E-state index contributed by atoms with van der Waals surface area (Å²) in [7, 11) is 4.12. The quantitative estimate of drug-likeness (QED) is 0.639. The van der Waals surface area contributed by atoms with Gasteiger partial charge in [0, 0.05) is 5.02 Å². The molecule has 0 bridgehead atoms. The third-order valence-electron chi connectivity index (χ3n) is 4.26. The number of hydrogen-bond acceptors (Lipinski definition) is 6. The number of nitrogens with one attached hydrogen (secondary N) is 1. The van der Waals surface area contributed by atoms with Crippen molar-refractivity contribution in [3.05, 3.63) is 47.8 Å². The van der Waals surface area contributed by atoms with Crippen molar-refractivity contribution in [2.45, 2.75) is 39.6 Å². The van der Waals surface area contributed by atoms with E-state index >= 15 is 0 Å². The molecule has 0 radical (unpaired) electrons. The average molecular weight is 406 g/mol. The van der Waals surface area contributed by atoms with Gasteiger partial charge in [0.15, 0.2) is 0 Å². The highest BCUT2D eigenvalue weighted by atomic mass is 35.5. The maximum absolute atomic E-state index is 6.36. The lowest BCUT2D eigenvalue weighted by Gasteiger charge is -2.36. The van der Waals surface area contributed by atoms with Crippen LogP contribution in [-0.2, 0) is 6.54 Å². The Morgan fingerprint density at radius 1 is 1.18 bits per heavy atom. The van der Waals surface area contributed by atoms with E-state index in [1.165, 1.54) is 11.2 Å². The number of quaternary nitrogens is 1. The molecule has 150 valence electrons. The number of benzene rings is 1. The van der Waals surface area contributed by atoms with Crippen LogP contribution in [0.5, 0.6) is 5.75 Å². The van der Waals surface area contributed by atoms with E-state index < -0.39 is 6.23 Å². The molecule has 10 heteroatoms. The number of aromatic nitrogens is 7. The van der Waals surface area contributed by atoms with Gasteiger partial charge in [0.25, 0.3) is 0 Å². The first-order valence-electron chi connectivity index (χ1n) is 9.08. The molecule has 0 aliphatic rings. The van der Waals surface area contributed by atoms with E-state index in [-0.39, 0.29) is 11.5 Å². The van der Waals surface area contributed by atoms with Gasteiger partial charge in [-0.15, -0.1) is 5.10 Å². The van der Waals surface area contributed by atoms with Gasteiger partial charge >= 0.3 is 0 Å². The third-order valence-corrected chi connectivity index (χ3v) is 4.51. The smallest absolute Gasteiger partial charge is 0.215 e. The summed E-state index contributed by atoms with van der Waals surface area (Å²) in [5.41, 5.74) is -0.241. The van der Waals surface area contributed by atoms with Gasteiger partial charge in [-0.25, -0.2) is 14.3 Å². The standard InChI is InChI=1S/C18H25ClN8O/c1-18(2,3)16(27-15(10-25(4)5)22-23-24-27)17(26-12-20-11-21-26)28-14-8-6-13(19)7-9-14/h6-9,11-12,16-17H,10H2,1-5H3/p+1/t16-,17-/m1/s1. The van der Waals surface area contributed by atoms with Crippen molar-refractivity contribution in [2.24, 2.45) is 5.41 Å². The molecule has 0 aliphatic carbocycles. The zero-order valence-electron chi connectivity index (χ0n) is 16.7. The molecule has 3 aromatic rings. The van der Waals surface area contributed by atoms with Crippen molar-refractivity contribution in [1.29, 1.82) is 0 Å². The Balaban J connectivity index is 2.05. The number of hydrogen-bond donors (Lipinski definition) is 1. The summed E-state index contributed by atoms with van der Waals surface area (Å²) in [6, 6.07) is 7.00. The molecule has 2 aromatic heterocycles. The molecule has 0 saturated carbocycles. The topological polar surface area (TPSA) is 88.0 Å². The van der Waals surface area contributed by atoms with E-state index in [9.17, 15) is 0 Å². The van der Waals surface area contributed by atoms with Crippen molar-refractivity contribution in [2.75, 3.05) is 14.1 Å². The van der Waals surface area contributed by atoms with Crippen molar-refractivity contribution >= 4 is 11.6 Å². The number of tetrazole rings is 1. The second-order valence-corrected chi connectivity index (χ2v) is 8.51. The second-order valence-electron chi connectivity index (χ2n) is 8.07. The van der Waals surface area contributed by atoms with E-state index in [0.29, 0.717) is 17.3 Å². The molecule has 1 N–H and O–H groups in total. The fourth-order valence-electron chi connectivity index (χ4n) is 3.04. The van der Waals surface area contributed by atoms with E-state index in [1.807, 2.05) is 16.8 Å². The van der Waals surface area contributed by atoms with Crippen LogP contribution < -0.4 is 9.64 Å². The SMILES string of the molecule is C[NH+](C)Cc1nnnn1[C@H]([C@@H](Oc1ccc(Cl)cc1)n1cncn1)C(C)(C)C. The molecule has 28 heavy (non-hydrogen) atoms. The summed E-state index contributed by atoms with van der Waals surface area (Å²) in [5.74, 6) is 1.46. The molecule has 0 spiro atoms. The maximum atomic E-state index is 6.36. The van der Waals surface area contributed by atoms with Crippen molar-refractivity contribution < 1.29 is 9.64 Å². The van der Waals surface area contributed by atoms with Crippen LogP contribution in [0.3, 0.4) is 0 Å². The second kappa shape index (κ2) is 8.24. The van der Waals surface area contributed by atoms with Gasteiger partial charge in [-0.3, -0.25) is 0 Å². The van der Waals surface area contributed by atoms with E-state index in [4.69, 9.17) is 16.3 Å². The normalized spacial score (nSPS) is 14.2. The van der Waals surface area contributed by atoms with Gasteiger partial charge in [-0.2, -0.15) is 5.10 Å². The largest absolute Gasteiger partial charge is 0.466 e. The molecule has 0 amide bonds. The molecule has 2 heterocycles. The van der Waals surface area contributed by atoms with Crippen LogP contribution in [0.2, 0.25) is 5.02 Å². The Kier molecular flexibility index (Phi) is 5.95. The Morgan fingerprint density at radius 2 is 1.89 bits per heavy atom. The lowest BCUT2D eigenvalue weighted by molar-refractivity contribution is -0.873. The summed E-state index contributed by atoms with van der Waals surface area (Å²) in [6.07, 6.45) is 2.62. The van der Waals surface area contributed by atoms with Gasteiger partial charge < -0.3 is 9.64 Å². The van der Waals surface area contributed by atoms with Crippen LogP contribution in [-0.4, -0.2) is 49.1 Å². The third kappa shape index (κ3) is 4.66. The fourth-order valence-corrected chi connectivity index (χ4v) is 3.17. The van der Waals surface area contributed by atoms with Crippen LogP contribution in [0.25, 0.3) is 0 Å². The van der Waals surface area contributed by atoms with Gasteiger partial charge in [-0.1, -0.05) is 32.4 Å². The zero-order chi connectivity index (χ0) is 20.3. The molecule has 0 saturated heterocycles. The van der Waals surface area contributed by atoms with Crippen LogP contribution in [0.1, 0.15) is 38.9 Å². The van der Waals surface area contributed by atoms with Crippen LogP contribution >= 0.6 is 11.6 Å².